The number of hydrogen-bond donors (Lipinski definition) is 0. The molecule has 3 nitrogen and oxygen atoms in total. The van der Waals surface area contributed by atoms with Gasteiger partial charge < -0.3 is 4.90 Å². The Labute approximate surface area is 123 Å². The van der Waals surface area contributed by atoms with Crippen LogP contribution in [0.4, 0.5) is 8.78 Å². The van der Waals surface area contributed by atoms with Crippen molar-refractivity contribution in [1.29, 1.82) is 0 Å². The average molecular weight is 294 g/mol. The summed E-state index contributed by atoms with van der Waals surface area (Å²) in [5, 5.41) is 0. The van der Waals surface area contributed by atoms with E-state index in [1.165, 1.54) is 32.1 Å². The lowest BCUT2D eigenvalue weighted by molar-refractivity contribution is 0.0768. The van der Waals surface area contributed by atoms with Crippen molar-refractivity contribution in [3.05, 3.63) is 29.6 Å². The molecule has 0 radical (unpaired) electrons. The van der Waals surface area contributed by atoms with Crippen LogP contribution in [-0.4, -0.2) is 28.9 Å². The largest absolute Gasteiger partial charge is 0.337 e. The quantitative estimate of drug-likeness (QED) is 0.837. The molecule has 1 atom stereocenters. The minimum atomic E-state index is -0.874. The molecule has 2 fully saturated rings. The zero-order chi connectivity index (χ0) is 14.8. The second kappa shape index (κ2) is 6.08. The summed E-state index contributed by atoms with van der Waals surface area (Å²) in [6.07, 6.45) is 8.25. The fraction of sp³-hybridized carbons (Fsp3) is 0.625. The Morgan fingerprint density at radius 3 is 2.62 bits per heavy atom. The average Bonchev–Trinajstić information content (AvgIpc) is 2.97. The van der Waals surface area contributed by atoms with Crippen LogP contribution >= 0.6 is 0 Å². The van der Waals surface area contributed by atoms with E-state index in [2.05, 4.69) is 4.98 Å². The van der Waals surface area contributed by atoms with Gasteiger partial charge in [-0.25, -0.2) is 13.8 Å². The Kier molecular flexibility index (Phi) is 4.17. The summed E-state index contributed by atoms with van der Waals surface area (Å²) >= 11 is 0. The zero-order valence-corrected chi connectivity index (χ0v) is 12.0. The summed E-state index contributed by atoms with van der Waals surface area (Å²) in [4.78, 5) is 17.6. The monoisotopic (exact) mass is 294 g/mol. The second-order valence-electron chi connectivity index (χ2n) is 6.18. The van der Waals surface area contributed by atoms with Crippen molar-refractivity contribution >= 4 is 5.91 Å². The Bertz CT molecular complexity index is 529. The number of nitrogens with zero attached hydrogens (tertiary/aromatic N) is 2. The molecule has 1 saturated carbocycles. The van der Waals surface area contributed by atoms with Crippen LogP contribution in [0, 0.1) is 23.5 Å². The molecule has 1 aromatic heterocycles. The van der Waals surface area contributed by atoms with E-state index in [0.717, 1.165) is 18.7 Å². The third kappa shape index (κ3) is 3.06. The van der Waals surface area contributed by atoms with Gasteiger partial charge in [0.15, 0.2) is 11.5 Å². The molecule has 21 heavy (non-hydrogen) atoms. The molecule has 0 bridgehead atoms. The highest BCUT2D eigenvalue weighted by Gasteiger charge is 2.33. The fourth-order valence-electron chi connectivity index (χ4n) is 3.68. The van der Waals surface area contributed by atoms with Crippen LogP contribution in [0.1, 0.15) is 49.0 Å². The van der Waals surface area contributed by atoms with Gasteiger partial charge >= 0.3 is 0 Å². The van der Waals surface area contributed by atoms with Crippen LogP contribution in [0.5, 0.6) is 0 Å². The van der Waals surface area contributed by atoms with Crippen LogP contribution in [0.25, 0.3) is 0 Å². The Hall–Kier alpha value is -1.52. The Balaban J connectivity index is 1.66. The molecule has 0 unspecified atom stereocenters. The molecule has 0 N–H and O–H groups in total. The van der Waals surface area contributed by atoms with Crippen LogP contribution in [0.2, 0.25) is 0 Å². The van der Waals surface area contributed by atoms with Crippen molar-refractivity contribution < 1.29 is 13.6 Å². The summed E-state index contributed by atoms with van der Waals surface area (Å²) in [7, 11) is 0. The molecular formula is C16H20F2N2O. The standard InChI is InChI=1S/C16H20F2N2O/c17-13-8-14(18)15(19-9-13)16(21)20-7-6-12(10-20)11-4-2-1-3-5-11/h8-9,11-12H,1-7,10H2/t12-/m1/s1. The molecular weight excluding hydrogens is 274 g/mol. The van der Waals surface area contributed by atoms with Gasteiger partial charge in [-0.3, -0.25) is 4.79 Å². The lowest BCUT2D eigenvalue weighted by Crippen LogP contribution is -2.31. The summed E-state index contributed by atoms with van der Waals surface area (Å²) in [6.45, 7) is 1.33. The van der Waals surface area contributed by atoms with Gasteiger partial charge in [-0.15, -0.1) is 0 Å². The lowest BCUT2D eigenvalue weighted by atomic mass is 9.80. The minimum Gasteiger partial charge on any atom is -0.337 e. The van der Waals surface area contributed by atoms with Gasteiger partial charge in [-0.05, 0) is 18.3 Å². The topological polar surface area (TPSA) is 33.2 Å². The predicted octanol–water partition coefficient (Wildman–Crippen LogP) is 3.40. The maximum atomic E-state index is 13.7. The number of hydrogen-bond acceptors (Lipinski definition) is 2. The molecule has 1 aromatic rings. The molecule has 114 valence electrons. The van der Waals surface area contributed by atoms with Crippen LogP contribution < -0.4 is 0 Å². The van der Waals surface area contributed by atoms with E-state index >= 15 is 0 Å². The van der Waals surface area contributed by atoms with Crippen molar-refractivity contribution in [2.45, 2.75) is 38.5 Å². The van der Waals surface area contributed by atoms with Gasteiger partial charge in [-0.2, -0.15) is 0 Å². The van der Waals surface area contributed by atoms with E-state index in [9.17, 15) is 13.6 Å². The number of carbonyl (C=O) groups is 1. The molecule has 3 rings (SSSR count). The van der Waals surface area contributed by atoms with Gasteiger partial charge in [0.1, 0.15) is 5.82 Å². The van der Waals surface area contributed by atoms with Gasteiger partial charge in [0.25, 0.3) is 5.91 Å². The highest BCUT2D eigenvalue weighted by Crippen LogP contribution is 2.35. The normalized spacial score (nSPS) is 23.5. The maximum absolute atomic E-state index is 13.7. The molecule has 2 aliphatic rings. The molecule has 1 aliphatic carbocycles. The number of pyridine rings is 1. The van der Waals surface area contributed by atoms with Crippen molar-refractivity contribution in [3.63, 3.8) is 0 Å². The maximum Gasteiger partial charge on any atom is 0.275 e. The molecule has 0 aromatic carbocycles. The number of carbonyl (C=O) groups excluding carboxylic acids is 1. The summed E-state index contributed by atoms with van der Waals surface area (Å²) in [5.74, 6) is -0.821. The summed E-state index contributed by atoms with van der Waals surface area (Å²) < 4.78 is 26.5. The van der Waals surface area contributed by atoms with Crippen molar-refractivity contribution in [1.82, 2.24) is 9.88 Å². The number of likely N-dealkylation sites (tertiary alicyclic amines) is 1. The van der Waals surface area contributed by atoms with Crippen molar-refractivity contribution in [2.24, 2.45) is 11.8 Å². The minimum absolute atomic E-state index is 0.263. The molecule has 1 saturated heterocycles. The molecule has 1 amide bonds. The van der Waals surface area contributed by atoms with E-state index in [4.69, 9.17) is 0 Å². The first kappa shape index (κ1) is 14.4. The van der Waals surface area contributed by atoms with Crippen molar-refractivity contribution in [2.75, 3.05) is 13.1 Å². The van der Waals surface area contributed by atoms with Gasteiger partial charge in [0, 0.05) is 19.2 Å². The van der Waals surface area contributed by atoms with E-state index in [0.29, 0.717) is 24.9 Å². The predicted molar refractivity (Wildman–Crippen MR) is 74.7 cm³/mol. The third-order valence-corrected chi connectivity index (χ3v) is 4.84. The van der Waals surface area contributed by atoms with Crippen LogP contribution in [0.15, 0.2) is 12.3 Å². The van der Waals surface area contributed by atoms with Crippen LogP contribution in [0.3, 0.4) is 0 Å². The van der Waals surface area contributed by atoms with Gasteiger partial charge in [0.05, 0.1) is 6.20 Å². The van der Waals surface area contributed by atoms with Gasteiger partial charge in [0.2, 0.25) is 0 Å². The highest BCUT2D eigenvalue weighted by atomic mass is 19.1. The first-order valence-electron chi connectivity index (χ1n) is 7.75. The molecule has 2 heterocycles. The first-order chi connectivity index (χ1) is 10.1. The fourth-order valence-corrected chi connectivity index (χ4v) is 3.68. The number of halogens is 2. The molecule has 0 spiro atoms. The molecule has 5 heteroatoms. The summed E-state index contributed by atoms with van der Waals surface area (Å²) in [5.41, 5.74) is -0.263. The lowest BCUT2D eigenvalue weighted by Gasteiger charge is -2.27. The van der Waals surface area contributed by atoms with Crippen LogP contribution in [-0.2, 0) is 0 Å². The number of rotatable bonds is 2. The Morgan fingerprint density at radius 1 is 1.14 bits per heavy atom. The van der Waals surface area contributed by atoms with Crippen molar-refractivity contribution in [3.8, 4) is 0 Å². The van der Waals surface area contributed by atoms with E-state index in [-0.39, 0.29) is 5.69 Å². The SMILES string of the molecule is O=C(c1ncc(F)cc1F)N1CC[C@@H](C2CCCCC2)C1. The van der Waals surface area contributed by atoms with Gasteiger partial charge in [-0.1, -0.05) is 32.1 Å². The highest BCUT2D eigenvalue weighted by molar-refractivity contribution is 5.92. The van der Waals surface area contributed by atoms with E-state index in [1.807, 2.05) is 0 Å². The number of amides is 1. The zero-order valence-electron chi connectivity index (χ0n) is 12.0. The third-order valence-electron chi connectivity index (χ3n) is 4.84. The number of aromatic nitrogens is 1. The first-order valence-corrected chi connectivity index (χ1v) is 7.75. The smallest absolute Gasteiger partial charge is 0.275 e. The van der Waals surface area contributed by atoms with E-state index in [1.54, 1.807) is 4.90 Å². The summed E-state index contributed by atoms with van der Waals surface area (Å²) in [6, 6.07) is 0.717. The second-order valence-corrected chi connectivity index (χ2v) is 6.18. The molecule has 1 aliphatic heterocycles. The van der Waals surface area contributed by atoms with E-state index < -0.39 is 17.5 Å². The Morgan fingerprint density at radius 2 is 1.90 bits per heavy atom.